The summed E-state index contributed by atoms with van der Waals surface area (Å²) in [6.07, 6.45) is 4.01. The maximum atomic E-state index is 5.75. The first-order valence-corrected chi connectivity index (χ1v) is 6.78. The van der Waals surface area contributed by atoms with E-state index in [1.807, 2.05) is 54.7 Å². The van der Waals surface area contributed by atoms with Gasteiger partial charge in [-0.3, -0.25) is 0 Å². The maximum absolute atomic E-state index is 5.75. The van der Waals surface area contributed by atoms with Crippen molar-refractivity contribution in [2.24, 2.45) is 4.99 Å². The second-order valence-electron chi connectivity index (χ2n) is 4.90. The number of hydrogen-bond donors (Lipinski definition) is 0. The Kier molecular flexibility index (Phi) is 5.49. The van der Waals surface area contributed by atoms with E-state index >= 15 is 0 Å². The Hall–Kier alpha value is -1.70. The molecule has 1 aliphatic rings. The van der Waals surface area contributed by atoms with Crippen LogP contribution >= 0.6 is 0 Å². The van der Waals surface area contributed by atoms with Gasteiger partial charge in [-0.05, 0) is 37.6 Å². The van der Waals surface area contributed by atoms with Gasteiger partial charge in [-0.15, -0.1) is 29.8 Å². The predicted molar refractivity (Wildman–Crippen MR) is 81.3 cm³/mol. The van der Waals surface area contributed by atoms with Gasteiger partial charge in [-0.25, -0.2) is 0 Å². The third kappa shape index (κ3) is 4.13. The molecular weight excluding hydrogens is 438 g/mol. The van der Waals surface area contributed by atoms with Gasteiger partial charge in [-0.2, -0.15) is 0 Å². The number of allylic oxidation sites excluding steroid dienone is 1. The average molecular weight is 455 g/mol. The molecule has 1 radical (unpaired) electrons. The Morgan fingerprint density at radius 2 is 1.81 bits per heavy atom. The van der Waals surface area contributed by atoms with Gasteiger partial charge in [0.05, 0.1) is 0 Å². The third-order valence-corrected chi connectivity index (χ3v) is 3.27. The summed E-state index contributed by atoms with van der Waals surface area (Å²) in [6, 6.07) is 18.9. The summed E-state index contributed by atoms with van der Waals surface area (Å²) in [4.78, 5) is 4.48. The van der Waals surface area contributed by atoms with Crippen LogP contribution < -0.4 is 4.74 Å². The summed E-state index contributed by atoms with van der Waals surface area (Å²) in [6.45, 7) is 2.11. The molecule has 0 aliphatic carbocycles. The second-order valence-corrected chi connectivity index (χ2v) is 4.90. The molecule has 109 valence electrons. The van der Waals surface area contributed by atoms with Crippen molar-refractivity contribution in [2.75, 3.05) is 0 Å². The van der Waals surface area contributed by atoms with Crippen LogP contribution in [0, 0.1) is 6.07 Å². The Morgan fingerprint density at radius 1 is 1.00 bits per heavy atom. The van der Waals surface area contributed by atoms with E-state index < -0.39 is 0 Å². The number of nitrogens with zero attached hydrogens (tertiary/aromatic N) is 1. The first-order valence-electron chi connectivity index (χ1n) is 6.78. The Balaban J connectivity index is 0.00000161. The second kappa shape index (κ2) is 7.35. The van der Waals surface area contributed by atoms with Crippen molar-refractivity contribution in [2.45, 2.75) is 19.8 Å². The molecule has 0 bridgehead atoms. The van der Waals surface area contributed by atoms with Gasteiger partial charge >= 0.3 is 0 Å². The minimum absolute atomic E-state index is 0. The van der Waals surface area contributed by atoms with Crippen LogP contribution in [0.1, 0.15) is 25.3 Å². The summed E-state index contributed by atoms with van der Waals surface area (Å²) in [7, 11) is 0. The van der Waals surface area contributed by atoms with Crippen molar-refractivity contribution in [3.63, 3.8) is 0 Å². The van der Waals surface area contributed by atoms with Gasteiger partial charge in [0.25, 0.3) is 0 Å². The molecule has 2 nitrogen and oxygen atoms in total. The molecule has 0 saturated carbocycles. The molecule has 2 aromatic carbocycles. The van der Waals surface area contributed by atoms with Crippen LogP contribution in [0.4, 0.5) is 0 Å². The van der Waals surface area contributed by atoms with E-state index in [-0.39, 0.29) is 20.1 Å². The number of para-hydroxylation sites is 1. The van der Waals surface area contributed by atoms with Gasteiger partial charge in [-0.1, -0.05) is 23.8 Å². The molecule has 0 spiro atoms. The normalized spacial score (nSPS) is 13.8. The van der Waals surface area contributed by atoms with Gasteiger partial charge < -0.3 is 9.73 Å². The SMILES string of the molecule is CC1=CN=C(c2[c-]cc(Oc3ccccc3)cc2)CC1.[Ir]. The van der Waals surface area contributed by atoms with Crippen molar-refractivity contribution in [1.29, 1.82) is 0 Å². The van der Waals surface area contributed by atoms with Crippen LogP contribution in [0.3, 0.4) is 0 Å². The van der Waals surface area contributed by atoms with Crippen LogP contribution in [0.15, 0.2) is 65.3 Å². The minimum Gasteiger partial charge on any atom is -0.502 e. The molecule has 3 rings (SSSR count). The van der Waals surface area contributed by atoms with Crippen LogP contribution in [0.5, 0.6) is 11.5 Å². The first kappa shape index (κ1) is 15.7. The van der Waals surface area contributed by atoms with E-state index in [1.165, 1.54) is 5.57 Å². The number of ether oxygens (including phenoxy) is 1. The van der Waals surface area contributed by atoms with Crippen molar-refractivity contribution >= 4 is 5.71 Å². The van der Waals surface area contributed by atoms with Crippen LogP contribution in [-0.2, 0) is 20.1 Å². The van der Waals surface area contributed by atoms with E-state index in [2.05, 4.69) is 18.0 Å². The van der Waals surface area contributed by atoms with Gasteiger partial charge in [0, 0.05) is 32.1 Å². The van der Waals surface area contributed by atoms with E-state index in [9.17, 15) is 0 Å². The third-order valence-electron chi connectivity index (χ3n) is 3.27. The minimum atomic E-state index is 0. The molecule has 0 N–H and O–H groups in total. The molecule has 0 fully saturated rings. The van der Waals surface area contributed by atoms with Crippen LogP contribution in [0.2, 0.25) is 0 Å². The molecule has 0 unspecified atom stereocenters. The summed E-state index contributed by atoms with van der Waals surface area (Å²) in [5, 5.41) is 0. The summed E-state index contributed by atoms with van der Waals surface area (Å²) in [5.74, 6) is 1.63. The molecule has 0 atom stereocenters. The van der Waals surface area contributed by atoms with E-state index in [4.69, 9.17) is 4.74 Å². The summed E-state index contributed by atoms with van der Waals surface area (Å²) >= 11 is 0. The first-order chi connectivity index (χ1) is 9.81. The topological polar surface area (TPSA) is 21.6 Å². The number of aliphatic imine (C=N–C) groups is 1. The van der Waals surface area contributed by atoms with Crippen molar-refractivity contribution in [1.82, 2.24) is 0 Å². The molecule has 1 aliphatic heterocycles. The van der Waals surface area contributed by atoms with Crippen LogP contribution in [0.25, 0.3) is 0 Å². The predicted octanol–water partition coefficient (Wildman–Crippen LogP) is 4.76. The zero-order valence-corrected chi connectivity index (χ0v) is 14.2. The molecule has 2 aromatic rings. The van der Waals surface area contributed by atoms with E-state index in [1.54, 1.807) is 0 Å². The Bertz CT molecular complexity index is 645. The van der Waals surface area contributed by atoms with Crippen molar-refractivity contribution < 1.29 is 24.8 Å². The van der Waals surface area contributed by atoms with Gasteiger partial charge in [0.1, 0.15) is 5.75 Å². The maximum Gasteiger partial charge on any atom is 0.114 e. The molecular formula is C18H16IrNO-. The van der Waals surface area contributed by atoms with Gasteiger partial charge in [0.15, 0.2) is 0 Å². The molecule has 21 heavy (non-hydrogen) atoms. The van der Waals surface area contributed by atoms with Gasteiger partial charge in [0.2, 0.25) is 0 Å². The molecule has 0 saturated heterocycles. The fourth-order valence-corrected chi connectivity index (χ4v) is 2.12. The van der Waals surface area contributed by atoms with Crippen molar-refractivity contribution in [3.05, 3.63) is 71.9 Å². The standard InChI is InChI=1S/C18H16NO.Ir/c1-14-7-12-18(19-13-14)15-8-10-17(11-9-15)20-16-5-3-2-4-6-16;/h2-6,8,10-11,13H,7,12H2,1H3;/q-1;. The van der Waals surface area contributed by atoms with E-state index in [0.717, 1.165) is 35.6 Å². The molecule has 1 heterocycles. The molecule has 0 amide bonds. The fourth-order valence-electron chi connectivity index (χ4n) is 2.12. The van der Waals surface area contributed by atoms with Crippen LogP contribution in [-0.4, -0.2) is 5.71 Å². The zero-order valence-electron chi connectivity index (χ0n) is 11.8. The smallest absolute Gasteiger partial charge is 0.114 e. The fraction of sp³-hybridized carbons (Fsp3) is 0.167. The summed E-state index contributed by atoms with van der Waals surface area (Å²) < 4.78 is 5.75. The number of benzene rings is 2. The number of hydrogen-bond acceptors (Lipinski definition) is 2. The quantitative estimate of drug-likeness (QED) is 0.613. The average Bonchev–Trinajstić information content (AvgIpc) is 2.50. The monoisotopic (exact) mass is 455 g/mol. The largest absolute Gasteiger partial charge is 0.502 e. The van der Waals surface area contributed by atoms with E-state index in [0.29, 0.717) is 0 Å². The zero-order chi connectivity index (χ0) is 13.8. The number of rotatable bonds is 3. The van der Waals surface area contributed by atoms with Crippen molar-refractivity contribution in [3.8, 4) is 11.5 Å². The Labute approximate surface area is 138 Å². The molecule has 0 aromatic heterocycles. The summed E-state index contributed by atoms with van der Waals surface area (Å²) in [5.41, 5.74) is 3.48. The molecule has 3 heteroatoms. The Morgan fingerprint density at radius 3 is 2.43 bits per heavy atom.